The van der Waals surface area contributed by atoms with E-state index in [9.17, 15) is 0 Å². The average Bonchev–Trinajstić information content (AvgIpc) is 3.26. The highest BCUT2D eigenvalue weighted by Gasteiger charge is 2.24. The molecule has 0 amide bonds. The number of anilines is 2. The number of hydrogen-bond donors (Lipinski definition) is 1. The molecular formula is C32H24N2. The van der Waals surface area contributed by atoms with Crippen molar-refractivity contribution in [3.63, 3.8) is 0 Å². The van der Waals surface area contributed by atoms with Crippen molar-refractivity contribution in [2.45, 2.75) is 13.5 Å². The summed E-state index contributed by atoms with van der Waals surface area (Å²) in [5, 5.41) is 2.54. The molecule has 0 atom stereocenters. The van der Waals surface area contributed by atoms with Gasteiger partial charge in [0, 0.05) is 45.3 Å². The molecule has 1 N–H and O–H groups in total. The van der Waals surface area contributed by atoms with E-state index in [4.69, 9.17) is 0 Å². The summed E-state index contributed by atoms with van der Waals surface area (Å²) in [6.45, 7) is 3.06. The number of fused-ring (bicyclic) bond motifs is 6. The van der Waals surface area contributed by atoms with Crippen LogP contribution in [0.1, 0.15) is 11.1 Å². The van der Waals surface area contributed by atoms with Crippen LogP contribution in [0.3, 0.4) is 0 Å². The van der Waals surface area contributed by atoms with Gasteiger partial charge in [-0.1, -0.05) is 72.3 Å². The van der Waals surface area contributed by atoms with Crippen molar-refractivity contribution in [1.29, 1.82) is 0 Å². The number of aromatic amines is 1. The van der Waals surface area contributed by atoms with E-state index in [1.54, 1.807) is 0 Å². The Morgan fingerprint density at radius 1 is 0.618 bits per heavy atom. The predicted octanol–water partition coefficient (Wildman–Crippen LogP) is 8.62. The number of aryl methyl sites for hydroxylation is 1. The standard InChI is InChI=1S/C32H24N2/c1-21-11-12-24-20-34(25-7-3-2-4-8-25)32-16-14-23(19-29(32)27(24)17-21)22-13-15-31-28(18-22)26-9-5-6-10-30(26)33-31/h2-19,33H,20H2,1H3. The molecule has 1 aromatic heterocycles. The zero-order valence-electron chi connectivity index (χ0n) is 19.0. The molecule has 2 nitrogen and oxygen atoms in total. The molecule has 34 heavy (non-hydrogen) atoms. The van der Waals surface area contributed by atoms with Crippen molar-refractivity contribution in [1.82, 2.24) is 4.98 Å². The van der Waals surface area contributed by atoms with E-state index in [0.717, 1.165) is 6.54 Å². The lowest BCUT2D eigenvalue weighted by molar-refractivity contribution is 0.960. The van der Waals surface area contributed by atoms with Crippen LogP contribution in [0.4, 0.5) is 11.4 Å². The molecule has 1 aliphatic rings. The van der Waals surface area contributed by atoms with Crippen LogP contribution in [0.25, 0.3) is 44.1 Å². The number of nitrogens with zero attached hydrogens (tertiary/aromatic N) is 1. The Bertz CT molecular complexity index is 1690. The van der Waals surface area contributed by atoms with Gasteiger partial charge < -0.3 is 9.88 Å². The van der Waals surface area contributed by atoms with Gasteiger partial charge in [-0.2, -0.15) is 0 Å². The fraction of sp³-hybridized carbons (Fsp3) is 0.0625. The largest absolute Gasteiger partial charge is 0.355 e. The summed E-state index contributed by atoms with van der Waals surface area (Å²) in [6, 6.07) is 39.8. The van der Waals surface area contributed by atoms with Crippen LogP contribution in [0, 0.1) is 6.92 Å². The lowest BCUT2D eigenvalue weighted by atomic mass is 9.89. The molecule has 0 aliphatic carbocycles. The van der Waals surface area contributed by atoms with Crippen LogP contribution in [-0.2, 0) is 6.54 Å². The first kappa shape index (κ1) is 19.2. The van der Waals surface area contributed by atoms with Crippen LogP contribution >= 0.6 is 0 Å². The zero-order valence-corrected chi connectivity index (χ0v) is 19.0. The molecule has 2 heteroatoms. The molecule has 1 aliphatic heterocycles. The molecule has 0 unspecified atom stereocenters. The van der Waals surface area contributed by atoms with Crippen LogP contribution < -0.4 is 4.90 Å². The minimum atomic E-state index is 0.882. The van der Waals surface area contributed by atoms with E-state index in [-0.39, 0.29) is 0 Å². The minimum Gasteiger partial charge on any atom is -0.355 e. The van der Waals surface area contributed by atoms with E-state index in [1.165, 1.54) is 66.6 Å². The van der Waals surface area contributed by atoms with E-state index in [1.807, 2.05) is 0 Å². The number of rotatable bonds is 2. The minimum absolute atomic E-state index is 0.882. The highest BCUT2D eigenvalue weighted by Crippen LogP contribution is 2.45. The first-order valence-electron chi connectivity index (χ1n) is 11.8. The van der Waals surface area contributed by atoms with E-state index >= 15 is 0 Å². The number of nitrogens with one attached hydrogen (secondary N) is 1. The zero-order chi connectivity index (χ0) is 22.6. The molecule has 7 rings (SSSR count). The number of benzene rings is 5. The number of para-hydroxylation sites is 2. The molecule has 0 saturated heterocycles. The maximum absolute atomic E-state index is 3.54. The lowest BCUT2D eigenvalue weighted by Gasteiger charge is -2.33. The molecule has 6 aromatic rings. The molecule has 2 heterocycles. The van der Waals surface area contributed by atoms with Crippen LogP contribution in [0.5, 0.6) is 0 Å². The lowest BCUT2D eigenvalue weighted by Crippen LogP contribution is -2.21. The summed E-state index contributed by atoms with van der Waals surface area (Å²) in [7, 11) is 0. The Balaban J connectivity index is 1.42. The van der Waals surface area contributed by atoms with E-state index < -0.39 is 0 Å². The summed E-state index contributed by atoms with van der Waals surface area (Å²) < 4.78 is 0. The Morgan fingerprint density at radius 2 is 1.38 bits per heavy atom. The van der Waals surface area contributed by atoms with Crippen molar-refractivity contribution < 1.29 is 0 Å². The van der Waals surface area contributed by atoms with Gasteiger partial charge in [-0.25, -0.2) is 0 Å². The normalized spacial score (nSPS) is 12.7. The first-order valence-corrected chi connectivity index (χ1v) is 11.8. The van der Waals surface area contributed by atoms with E-state index in [0.29, 0.717) is 0 Å². The Kier molecular flexibility index (Phi) is 4.16. The quantitative estimate of drug-likeness (QED) is 0.288. The average molecular weight is 437 g/mol. The van der Waals surface area contributed by atoms with Gasteiger partial charge in [0.1, 0.15) is 0 Å². The smallest absolute Gasteiger partial charge is 0.0494 e. The van der Waals surface area contributed by atoms with Crippen LogP contribution in [0.15, 0.2) is 109 Å². The Labute approximate surface area is 199 Å². The third-order valence-corrected chi connectivity index (χ3v) is 7.08. The SMILES string of the molecule is Cc1ccc2c(c1)-c1cc(-c3ccc4[nH]c5ccccc5c4c3)ccc1N(c1ccccc1)C2. The van der Waals surface area contributed by atoms with Crippen molar-refractivity contribution >= 4 is 33.2 Å². The molecule has 0 fully saturated rings. The van der Waals surface area contributed by atoms with Gasteiger partial charge in [0.05, 0.1) is 0 Å². The van der Waals surface area contributed by atoms with Crippen LogP contribution in [-0.4, -0.2) is 4.98 Å². The highest BCUT2D eigenvalue weighted by molar-refractivity contribution is 6.08. The monoisotopic (exact) mass is 436 g/mol. The molecule has 0 saturated carbocycles. The first-order chi connectivity index (χ1) is 16.7. The van der Waals surface area contributed by atoms with Crippen molar-refractivity contribution in [3.05, 3.63) is 120 Å². The van der Waals surface area contributed by atoms with Gasteiger partial charge in [0.2, 0.25) is 0 Å². The Morgan fingerprint density at radius 3 is 2.29 bits per heavy atom. The third-order valence-electron chi connectivity index (χ3n) is 7.08. The van der Waals surface area contributed by atoms with Gasteiger partial charge >= 0.3 is 0 Å². The molecule has 162 valence electrons. The summed E-state index contributed by atoms with van der Waals surface area (Å²) in [5.74, 6) is 0. The molecule has 0 bridgehead atoms. The summed E-state index contributed by atoms with van der Waals surface area (Å²) in [6.07, 6.45) is 0. The molecular weight excluding hydrogens is 412 g/mol. The van der Waals surface area contributed by atoms with Gasteiger partial charge in [-0.15, -0.1) is 0 Å². The fourth-order valence-electron chi connectivity index (χ4n) is 5.37. The fourth-order valence-corrected chi connectivity index (χ4v) is 5.37. The van der Waals surface area contributed by atoms with Gasteiger partial charge in [0.15, 0.2) is 0 Å². The van der Waals surface area contributed by atoms with Crippen molar-refractivity contribution in [2.24, 2.45) is 0 Å². The van der Waals surface area contributed by atoms with Crippen molar-refractivity contribution in [2.75, 3.05) is 4.90 Å². The van der Waals surface area contributed by atoms with Gasteiger partial charge in [-0.05, 0) is 71.6 Å². The van der Waals surface area contributed by atoms with Crippen molar-refractivity contribution in [3.8, 4) is 22.3 Å². The number of aromatic nitrogens is 1. The van der Waals surface area contributed by atoms with E-state index in [2.05, 4.69) is 126 Å². The van der Waals surface area contributed by atoms with Gasteiger partial charge in [0.25, 0.3) is 0 Å². The maximum atomic E-state index is 3.54. The summed E-state index contributed by atoms with van der Waals surface area (Å²) in [4.78, 5) is 5.97. The predicted molar refractivity (Wildman–Crippen MR) is 144 cm³/mol. The molecule has 0 radical (unpaired) electrons. The summed E-state index contributed by atoms with van der Waals surface area (Å²) >= 11 is 0. The third kappa shape index (κ3) is 2.96. The van der Waals surface area contributed by atoms with Gasteiger partial charge in [-0.3, -0.25) is 0 Å². The number of H-pyrrole nitrogens is 1. The number of hydrogen-bond acceptors (Lipinski definition) is 1. The highest BCUT2D eigenvalue weighted by atomic mass is 15.1. The second-order valence-electron chi connectivity index (χ2n) is 9.25. The topological polar surface area (TPSA) is 19.0 Å². The molecule has 5 aromatic carbocycles. The van der Waals surface area contributed by atoms with Crippen LogP contribution in [0.2, 0.25) is 0 Å². The Hall–Kier alpha value is -4.30. The second kappa shape index (κ2) is 7.36. The second-order valence-corrected chi connectivity index (χ2v) is 9.25. The molecule has 0 spiro atoms. The summed E-state index contributed by atoms with van der Waals surface area (Å²) in [5.41, 5.74) is 12.6. The maximum Gasteiger partial charge on any atom is 0.0494 e.